The minimum atomic E-state index is 0.0529. The summed E-state index contributed by atoms with van der Waals surface area (Å²) in [7, 11) is 0. The zero-order valence-corrected chi connectivity index (χ0v) is 14.1. The van der Waals surface area contributed by atoms with Gasteiger partial charge in [-0.05, 0) is 25.0 Å². The Morgan fingerprint density at radius 3 is 2.86 bits per heavy atom. The van der Waals surface area contributed by atoms with E-state index in [2.05, 4.69) is 40.9 Å². The molecule has 6 heteroatoms. The molecular weight excluding hydrogens is 296 g/mol. The first-order valence-electron chi connectivity index (χ1n) is 7.68. The molecule has 0 aliphatic carbocycles. The van der Waals surface area contributed by atoms with E-state index in [1.54, 1.807) is 23.7 Å². The lowest BCUT2D eigenvalue weighted by molar-refractivity contribution is 0.178. The third-order valence-corrected chi connectivity index (χ3v) is 5.05. The van der Waals surface area contributed by atoms with E-state index in [0.717, 1.165) is 41.8 Å². The molecule has 1 aliphatic rings. The first-order chi connectivity index (χ1) is 10.5. The van der Waals surface area contributed by atoms with E-state index in [1.165, 1.54) is 0 Å². The average molecular weight is 318 g/mol. The Balaban J connectivity index is 1.67. The number of rotatable bonds is 3. The molecule has 1 atom stereocenters. The second-order valence-electron chi connectivity index (χ2n) is 6.66. The molecule has 0 N–H and O–H groups in total. The molecule has 0 saturated carbocycles. The van der Waals surface area contributed by atoms with Gasteiger partial charge in [0.05, 0.1) is 12.7 Å². The van der Waals surface area contributed by atoms with Crippen molar-refractivity contribution in [2.24, 2.45) is 0 Å². The van der Waals surface area contributed by atoms with Crippen molar-refractivity contribution in [3.05, 3.63) is 29.5 Å². The molecule has 1 unspecified atom stereocenters. The van der Waals surface area contributed by atoms with Crippen LogP contribution in [0.4, 0.5) is 5.13 Å². The summed E-state index contributed by atoms with van der Waals surface area (Å²) in [5.41, 5.74) is 0.0529. The number of aromatic nitrogens is 3. The minimum Gasteiger partial charge on any atom is -0.487 e. The molecule has 1 aliphatic heterocycles. The Kier molecular flexibility index (Phi) is 4.29. The van der Waals surface area contributed by atoms with E-state index >= 15 is 0 Å². The third kappa shape index (κ3) is 3.55. The highest BCUT2D eigenvalue weighted by Crippen LogP contribution is 2.31. The van der Waals surface area contributed by atoms with Gasteiger partial charge in [-0.15, -0.1) is 10.2 Å². The Hall–Kier alpha value is -1.69. The SMILES string of the molecule is CC(C)(C)c1nnc(N2CCCC(Oc3cccnc3)C2)s1. The summed E-state index contributed by atoms with van der Waals surface area (Å²) < 4.78 is 6.03. The highest BCUT2D eigenvalue weighted by molar-refractivity contribution is 7.15. The van der Waals surface area contributed by atoms with Crippen molar-refractivity contribution < 1.29 is 4.74 Å². The van der Waals surface area contributed by atoms with Crippen molar-refractivity contribution in [2.45, 2.75) is 45.1 Å². The monoisotopic (exact) mass is 318 g/mol. The summed E-state index contributed by atoms with van der Waals surface area (Å²) in [6, 6.07) is 3.85. The molecule has 0 bridgehead atoms. The zero-order chi connectivity index (χ0) is 15.6. The van der Waals surface area contributed by atoms with Gasteiger partial charge in [0.15, 0.2) is 0 Å². The topological polar surface area (TPSA) is 51.1 Å². The van der Waals surface area contributed by atoms with Crippen molar-refractivity contribution in [3.63, 3.8) is 0 Å². The average Bonchev–Trinajstić information content (AvgIpc) is 2.99. The summed E-state index contributed by atoms with van der Waals surface area (Å²) in [6.07, 6.45) is 5.88. The molecule has 5 nitrogen and oxygen atoms in total. The van der Waals surface area contributed by atoms with Crippen molar-refractivity contribution in [3.8, 4) is 5.75 Å². The zero-order valence-electron chi connectivity index (χ0n) is 13.3. The van der Waals surface area contributed by atoms with Crippen LogP contribution in [0.5, 0.6) is 5.75 Å². The normalized spacial score (nSPS) is 19.2. The van der Waals surface area contributed by atoms with Crippen LogP contribution in [0.15, 0.2) is 24.5 Å². The first-order valence-corrected chi connectivity index (χ1v) is 8.49. The lowest BCUT2D eigenvalue weighted by Gasteiger charge is -2.32. The van der Waals surface area contributed by atoms with Gasteiger partial charge in [-0.1, -0.05) is 32.1 Å². The van der Waals surface area contributed by atoms with Crippen LogP contribution >= 0.6 is 11.3 Å². The van der Waals surface area contributed by atoms with Crippen molar-refractivity contribution >= 4 is 16.5 Å². The standard InChI is InChI=1S/C16H22N4OS/c1-16(2,3)14-18-19-15(22-14)20-9-5-7-13(11-20)21-12-6-4-8-17-10-12/h4,6,8,10,13H,5,7,9,11H2,1-3H3. The van der Waals surface area contributed by atoms with E-state index in [-0.39, 0.29) is 11.5 Å². The lowest BCUT2D eigenvalue weighted by Crippen LogP contribution is -2.41. The van der Waals surface area contributed by atoms with Gasteiger partial charge in [-0.25, -0.2) is 0 Å². The molecule has 0 aromatic carbocycles. The number of nitrogens with zero attached hydrogens (tertiary/aromatic N) is 4. The predicted molar refractivity (Wildman–Crippen MR) is 88.7 cm³/mol. The highest BCUT2D eigenvalue weighted by Gasteiger charge is 2.26. The highest BCUT2D eigenvalue weighted by atomic mass is 32.1. The molecule has 0 spiro atoms. The molecule has 2 aromatic rings. The molecule has 22 heavy (non-hydrogen) atoms. The van der Waals surface area contributed by atoms with Crippen molar-refractivity contribution in [1.82, 2.24) is 15.2 Å². The van der Waals surface area contributed by atoms with Crippen LogP contribution in [0.2, 0.25) is 0 Å². The number of hydrogen-bond acceptors (Lipinski definition) is 6. The van der Waals surface area contributed by atoms with Gasteiger partial charge in [0.25, 0.3) is 0 Å². The molecule has 118 valence electrons. The van der Waals surface area contributed by atoms with Gasteiger partial charge in [0.2, 0.25) is 5.13 Å². The number of pyridine rings is 1. The molecule has 1 fully saturated rings. The van der Waals surface area contributed by atoms with Gasteiger partial charge < -0.3 is 9.64 Å². The van der Waals surface area contributed by atoms with Crippen LogP contribution in [-0.2, 0) is 5.41 Å². The summed E-state index contributed by atoms with van der Waals surface area (Å²) in [4.78, 5) is 6.39. The predicted octanol–water partition coefficient (Wildman–Crippen LogP) is 3.28. The van der Waals surface area contributed by atoms with Gasteiger partial charge >= 0.3 is 0 Å². The van der Waals surface area contributed by atoms with Gasteiger partial charge in [-0.2, -0.15) is 0 Å². The van der Waals surface area contributed by atoms with Gasteiger partial charge in [0.1, 0.15) is 16.9 Å². The number of piperidine rings is 1. The van der Waals surface area contributed by atoms with Crippen LogP contribution in [-0.4, -0.2) is 34.4 Å². The Morgan fingerprint density at radius 1 is 1.32 bits per heavy atom. The quantitative estimate of drug-likeness (QED) is 0.869. The van der Waals surface area contributed by atoms with E-state index in [1.807, 2.05) is 12.1 Å². The maximum absolute atomic E-state index is 6.03. The summed E-state index contributed by atoms with van der Waals surface area (Å²) in [5.74, 6) is 0.835. The molecule has 2 aromatic heterocycles. The second-order valence-corrected chi connectivity index (χ2v) is 7.61. The Labute approximate surface area is 135 Å². The van der Waals surface area contributed by atoms with Crippen LogP contribution in [0.1, 0.15) is 38.6 Å². The Bertz CT molecular complexity index is 608. The molecule has 3 heterocycles. The number of hydrogen-bond donors (Lipinski definition) is 0. The molecule has 3 rings (SSSR count). The largest absolute Gasteiger partial charge is 0.487 e. The number of anilines is 1. The fraction of sp³-hybridized carbons (Fsp3) is 0.562. The third-order valence-electron chi connectivity index (χ3n) is 3.64. The maximum Gasteiger partial charge on any atom is 0.208 e. The summed E-state index contributed by atoms with van der Waals surface area (Å²) in [5, 5.41) is 10.8. The Morgan fingerprint density at radius 2 is 2.18 bits per heavy atom. The smallest absolute Gasteiger partial charge is 0.208 e. The van der Waals surface area contributed by atoms with Crippen LogP contribution in [0, 0.1) is 0 Å². The van der Waals surface area contributed by atoms with Crippen molar-refractivity contribution in [1.29, 1.82) is 0 Å². The van der Waals surface area contributed by atoms with Gasteiger partial charge in [0, 0.05) is 18.2 Å². The number of ether oxygens (including phenoxy) is 1. The fourth-order valence-electron chi connectivity index (χ4n) is 2.46. The van der Waals surface area contributed by atoms with Crippen LogP contribution < -0.4 is 9.64 Å². The van der Waals surface area contributed by atoms with Crippen LogP contribution in [0.25, 0.3) is 0 Å². The van der Waals surface area contributed by atoms with Crippen LogP contribution in [0.3, 0.4) is 0 Å². The fourth-order valence-corrected chi connectivity index (χ4v) is 3.40. The van der Waals surface area contributed by atoms with E-state index in [9.17, 15) is 0 Å². The molecule has 0 radical (unpaired) electrons. The molecular formula is C16H22N4OS. The molecule has 1 saturated heterocycles. The second kappa shape index (κ2) is 6.20. The van der Waals surface area contributed by atoms with Gasteiger partial charge in [-0.3, -0.25) is 4.98 Å². The van der Waals surface area contributed by atoms with Crippen molar-refractivity contribution in [2.75, 3.05) is 18.0 Å². The summed E-state index contributed by atoms with van der Waals surface area (Å²) in [6.45, 7) is 8.38. The minimum absolute atomic E-state index is 0.0529. The van der Waals surface area contributed by atoms with E-state index < -0.39 is 0 Å². The summed E-state index contributed by atoms with van der Waals surface area (Å²) >= 11 is 1.69. The molecule has 0 amide bonds. The maximum atomic E-state index is 6.03. The first kappa shape index (κ1) is 15.2. The van der Waals surface area contributed by atoms with E-state index in [4.69, 9.17) is 4.74 Å². The van der Waals surface area contributed by atoms with E-state index in [0.29, 0.717) is 0 Å². The lowest BCUT2D eigenvalue weighted by atomic mass is 9.98.